The van der Waals surface area contributed by atoms with Gasteiger partial charge in [0.1, 0.15) is 0 Å². The van der Waals surface area contributed by atoms with Crippen LogP contribution in [0, 0.1) is 0 Å². The molecule has 0 amide bonds. The number of nitrogens with zero attached hydrogens (tertiary/aromatic N) is 3. The minimum atomic E-state index is -0.134. The summed E-state index contributed by atoms with van der Waals surface area (Å²) in [6.07, 6.45) is 4.12. The largest absolute Gasteiger partial charge is 0.469 e. The number of methoxy groups -OCH3 is 1. The Bertz CT molecular complexity index is 349. The Morgan fingerprint density at radius 1 is 1.53 bits per heavy atom. The summed E-state index contributed by atoms with van der Waals surface area (Å²) in [7, 11) is 5.44. The number of hydrogen-bond donors (Lipinski definition) is 0. The summed E-state index contributed by atoms with van der Waals surface area (Å²) >= 11 is 0. The van der Waals surface area contributed by atoms with Crippen LogP contribution in [0.25, 0.3) is 0 Å². The van der Waals surface area contributed by atoms with E-state index >= 15 is 0 Å². The number of aryl methyl sites for hydroxylation is 1. The van der Waals surface area contributed by atoms with Crippen molar-refractivity contribution in [2.45, 2.75) is 19.3 Å². The first-order valence-corrected chi connectivity index (χ1v) is 5.85. The summed E-state index contributed by atoms with van der Waals surface area (Å²) in [4.78, 5) is 13.1. The highest BCUT2D eigenvalue weighted by Crippen LogP contribution is 2.00. The van der Waals surface area contributed by atoms with E-state index in [0.29, 0.717) is 6.42 Å². The van der Waals surface area contributed by atoms with Crippen molar-refractivity contribution in [2.24, 2.45) is 7.05 Å². The minimum absolute atomic E-state index is 0.134. The normalized spacial score (nSPS) is 10.8. The Morgan fingerprint density at radius 3 is 2.88 bits per heavy atom. The lowest BCUT2D eigenvalue weighted by Gasteiger charge is -2.15. The smallest absolute Gasteiger partial charge is 0.305 e. The van der Waals surface area contributed by atoms with Crippen molar-refractivity contribution in [1.29, 1.82) is 0 Å². The molecular weight excluding hydrogens is 218 g/mol. The minimum Gasteiger partial charge on any atom is -0.469 e. The quantitative estimate of drug-likeness (QED) is 0.662. The van der Waals surface area contributed by atoms with Crippen LogP contribution in [0.5, 0.6) is 0 Å². The van der Waals surface area contributed by atoms with Crippen LogP contribution < -0.4 is 0 Å². The number of hydrogen-bond acceptors (Lipinski definition) is 4. The summed E-state index contributed by atoms with van der Waals surface area (Å²) in [5.41, 5.74) is 1.23. The van der Waals surface area contributed by atoms with Gasteiger partial charge in [-0.05, 0) is 26.1 Å². The molecule has 0 saturated heterocycles. The molecule has 96 valence electrons. The van der Waals surface area contributed by atoms with E-state index in [4.69, 9.17) is 0 Å². The molecule has 0 unspecified atom stereocenters. The van der Waals surface area contributed by atoms with Crippen LogP contribution in [-0.4, -0.2) is 47.9 Å². The fourth-order valence-corrected chi connectivity index (χ4v) is 1.66. The van der Waals surface area contributed by atoms with Crippen molar-refractivity contribution >= 4 is 5.97 Å². The van der Waals surface area contributed by atoms with Crippen LogP contribution in [0.3, 0.4) is 0 Å². The molecule has 1 aromatic heterocycles. The molecule has 1 aromatic rings. The molecule has 0 aliphatic rings. The second kappa shape index (κ2) is 7.06. The Kier molecular flexibility index (Phi) is 5.69. The molecule has 0 radical (unpaired) electrons. The van der Waals surface area contributed by atoms with Crippen molar-refractivity contribution in [3.05, 3.63) is 18.0 Å². The van der Waals surface area contributed by atoms with E-state index in [1.54, 1.807) is 0 Å². The number of esters is 1. The Hall–Kier alpha value is -1.36. The summed E-state index contributed by atoms with van der Waals surface area (Å²) in [6, 6.07) is 2.03. The molecule has 0 spiro atoms. The molecule has 17 heavy (non-hydrogen) atoms. The third kappa shape index (κ3) is 4.99. The highest BCUT2D eigenvalue weighted by molar-refractivity contribution is 5.69. The molecule has 0 saturated carbocycles. The molecule has 1 heterocycles. The molecule has 0 bridgehead atoms. The van der Waals surface area contributed by atoms with Crippen molar-refractivity contribution in [3.8, 4) is 0 Å². The topological polar surface area (TPSA) is 47.4 Å². The molecule has 0 aromatic carbocycles. The van der Waals surface area contributed by atoms with Gasteiger partial charge in [-0.15, -0.1) is 0 Å². The number of carbonyl (C=O) groups is 1. The molecule has 1 rings (SSSR count). The molecular formula is C12H21N3O2. The Labute approximate surface area is 102 Å². The van der Waals surface area contributed by atoms with Gasteiger partial charge in [0.05, 0.1) is 7.11 Å². The molecule has 0 aliphatic carbocycles. The van der Waals surface area contributed by atoms with Crippen LogP contribution in [0.1, 0.15) is 18.5 Å². The van der Waals surface area contributed by atoms with Gasteiger partial charge in [-0.1, -0.05) is 0 Å². The molecule has 0 aliphatic heterocycles. The zero-order valence-corrected chi connectivity index (χ0v) is 10.8. The van der Waals surface area contributed by atoms with E-state index in [0.717, 1.165) is 25.9 Å². The molecule has 0 fully saturated rings. The number of aromatic nitrogens is 2. The van der Waals surface area contributed by atoms with Crippen LogP contribution in [0.2, 0.25) is 0 Å². The Morgan fingerprint density at radius 2 is 2.29 bits per heavy atom. The number of likely N-dealkylation sites (N-methyl/N-ethyl adjacent to an activating group) is 1. The first-order chi connectivity index (χ1) is 8.13. The summed E-state index contributed by atoms with van der Waals surface area (Å²) in [5.74, 6) is -0.134. The Balaban J connectivity index is 2.15. The van der Waals surface area contributed by atoms with Crippen LogP contribution in [0.15, 0.2) is 12.3 Å². The third-order valence-corrected chi connectivity index (χ3v) is 2.82. The lowest BCUT2D eigenvalue weighted by Crippen LogP contribution is -2.23. The van der Waals surface area contributed by atoms with Gasteiger partial charge in [0.25, 0.3) is 0 Å². The second-order valence-corrected chi connectivity index (χ2v) is 4.18. The zero-order chi connectivity index (χ0) is 12.7. The van der Waals surface area contributed by atoms with Gasteiger partial charge < -0.3 is 9.64 Å². The highest BCUT2D eigenvalue weighted by Gasteiger charge is 2.04. The van der Waals surface area contributed by atoms with Crippen LogP contribution in [0.4, 0.5) is 0 Å². The predicted molar refractivity (Wildman–Crippen MR) is 65.7 cm³/mol. The summed E-state index contributed by atoms with van der Waals surface area (Å²) in [5, 5.41) is 4.13. The zero-order valence-electron chi connectivity index (χ0n) is 10.8. The number of rotatable bonds is 7. The van der Waals surface area contributed by atoms with E-state index in [-0.39, 0.29) is 5.97 Å². The second-order valence-electron chi connectivity index (χ2n) is 4.18. The van der Waals surface area contributed by atoms with Gasteiger partial charge >= 0.3 is 5.97 Å². The average Bonchev–Trinajstić information content (AvgIpc) is 2.72. The van der Waals surface area contributed by atoms with Gasteiger partial charge in [-0.3, -0.25) is 9.48 Å². The lowest BCUT2D eigenvalue weighted by molar-refractivity contribution is -0.140. The standard InChI is InChI=1S/C12H21N3O2/c1-14(9-4-5-12(16)17-3)10-7-11-6-8-13-15(11)2/h6,8H,4-5,7,9-10H2,1-3H3. The lowest BCUT2D eigenvalue weighted by atomic mass is 10.2. The van der Waals surface area contributed by atoms with Crippen molar-refractivity contribution < 1.29 is 9.53 Å². The maximum atomic E-state index is 10.9. The van der Waals surface area contributed by atoms with Gasteiger partial charge in [-0.25, -0.2) is 0 Å². The van der Waals surface area contributed by atoms with Gasteiger partial charge in [-0.2, -0.15) is 5.10 Å². The van der Waals surface area contributed by atoms with E-state index in [9.17, 15) is 4.79 Å². The number of carbonyl (C=O) groups excluding carboxylic acids is 1. The first-order valence-electron chi connectivity index (χ1n) is 5.85. The van der Waals surface area contributed by atoms with E-state index in [2.05, 4.69) is 21.8 Å². The van der Waals surface area contributed by atoms with E-state index in [1.807, 2.05) is 24.0 Å². The van der Waals surface area contributed by atoms with Gasteiger partial charge in [0.2, 0.25) is 0 Å². The maximum Gasteiger partial charge on any atom is 0.305 e. The number of ether oxygens (including phenoxy) is 1. The first kappa shape index (κ1) is 13.7. The average molecular weight is 239 g/mol. The van der Waals surface area contributed by atoms with Crippen LogP contribution >= 0.6 is 0 Å². The van der Waals surface area contributed by atoms with E-state index < -0.39 is 0 Å². The monoisotopic (exact) mass is 239 g/mol. The van der Waals surface area contributed by atoms with Crippen LogP contribution in [-0.2, 0) is 23.0 Å². The summed E-state index contributed by atoms with van der Waals surface area (Å²) < 4.78 is 6.49. The van der Waals surface area contributed by atoms with Crippen molar-refractivity contribution in [3.63, 3.8) is 0 Å². The summed E-state index contributed by atoms with van der Waals surface area (Å²) in [6.45, 7) is 1.88. The molecule has 0 N–H and O–H groups in total. The maximum absolute atomic E-state index is 10.9. The highest BCUT2D eigenvalue weighted by atomic mass is 16.5. The SMILES string of the molecule is COC(=O)CCCN(C)CCc1ccnn1C. The van der Waals surface area contributed by atoms with Crippen molar-refractivity contribution in [2.75, 3.05) is 27.2 Å². The van der Waals surface area contributed by atoms with Gasteiger partial charge in [0, 0.05) is 38.3 Å². The fraction of sp³-hybridized carbons (Fsp3) is 0.667. The van der Waals surface area contributed by atoms with Crippen molar-refractivity contribution in [1.82, 2.24) is 14.7 Å². The predicted octanol–water partition coefficient (Wildman–Crippen LogP) is 0.848. The van der Waals surface area contributed by atoms with E-state index in [1.165, 1.54) is 12.8 Å². The third-order valence-electron chi connectivity index (χ3n) is 2.82. The molecule has 0 atom stereocenters. The van der Waals surface area contributed by atoms with Gasteiger partial charge in [0.15, 0.2) is 0 Å². The fourth-order valence-electron chi connectivity index (χ4n) is 1.66. The molecule has 5 heteroatoms. The molecule has 5 nitrogen and oxygen atoms in total.